The van der Waals surface area contributed by atoms with E-state index in [2.05, 4.69) is 10.6 Å². The Kier molecular flexibility index (Phi) is 4.48. The van der Waals surface area contributed by atoms with E-state index >= 15 is 0 Å². The molecule has 0 aliphatic rings. The Morgan fingerprint density at radius 2 is 1.83 bits per heavy atom. The molecule has 4 heteroatoms. The van der Waals surface area contributed by atoms with Crippen LogP contribution in [0.2, 0.25) is 0 Å². The topological polar surface area (TPSA) is 58.2 Å². The van der Waals surface area contributed by atoms with Gasteiger partial charge < -0.3 is 10.6 Å². The fourth-order valence-corrected chi connectivity index (χ4v) is 1.48. The van der Waals surface area contributed by atoms with Crippen LogP contribution in [0, 0.1) is 6.92 Å². The van der Waals surface area contributed by atoms with E-state index in [0.717, 1.165) is 11.1 Å². The normalized spacial score (nSPS) is 10.9. The molecule has 1 rings (SSSR count). The zero-order chi connectivity index (χ0) is 13.8. The molecule has 18 heavy (non-hydrogen) atoms. The average Bonchev–Trinajstić information content (AvgIpc) is 2.23. The summed E-state index contributed by atoms with van der Waals surface area (Å²) in [7, 11) is 0. The third-order valence-electron chi connectivity index (χ3n) is 2.23. The van der Waals surface area contributed by atoms with Gasteiger partial charge in [-0.1, -0.05) is 29.8 Å². The Balaban J connectivity index is 2.49. The molecule has 4 nitrogen and oxygen atoms in total. The number of hydrogen-bond donors (Lipinski definition) is 2. The largest absolute Gasteiger partial charge is 0.344 e. The Bertz CT molecular complexity index is 447. The highest BCUT2D eigenvalue weighted by molar-refractivity contribution is 6.35. The predicted molar refractivity (Wildman–Crippen MR) is 70.9 cm³/mol. The summed E-state index contributed by atoms with van der Waals surface area (Å²) >= 11 is 0. The monoisotopic (exact) mass is 248 g/mol. The highest BCUT2D eigenvalue weighted by atomic mass is 16.2. The van der Waals surface area contributed by atoms with E-state index in [9.17, 15) is 9.59 Å². The molecule has 0 heterocycles. The van der Waals surface area contributed by atoms with Gasteiger partial charge in [0.1, 0.15) is 0 Å². The highest BCUT2D eigenvalue weighted by Crippen LogP contribution is 2.03. The van der Waals surface area contributed by atoms with Crippen molar-refractivity contribution in [2.45, 2.75) is 39.8 Å². The molecule has 0 bridgehead atoms. The van der Waals surface area contributed by atoms with E-state index in [0.29, 0.717) is 6.54 Å². The zero-order valence-corrected chi connectivity index (χ0v) is 11.3. The van der Waals surface area contributed by atoms with Crippen molar-refractivity contribution in [3.05, 3.63) is 35.4 Å². The molecule has 0 unspecified atom stereocenters. The number of hydrogen-bond acceptors (Lipinski definition) is 2. The van der Waals surface area contributed by atoms with Gasteiger partial charge in [-0.25, -0.2) is 0 Å². The summed E-state index contributed by atoms with van der Waals surface area (Å²) in [5.41, 5.74) is 1.70. The number of carbonyl (C=O) groups is 2. The molecule has 1 aromatic carbocycles. The second-order valence-electron chi connectivity index (χ2n) is 5.38. The van der Waals surface area contributed by atoms with Crippen LogP contribution in [0.1, 0.15) is 31.9 Å². The van der Waals surface area contributed by atoms with Crippen LogP contribution < -0.4 is 10.6 Å². The van der Waals surface area contributed by atoms with Crippen molar-refractivity contribution in [2.24, 2.45) is 0 Å². The second kappa shape index (κ2) is 5.67. The summed E-state index contributed by atoms with van der Waals surface area (Å²) in [6.07, 6.45) is 0. The van der Waals surface area contributed by atoms with Gasteiger partial charge in [0.15, 0.2) is 0 Å². The van der Waals surface area contributed by atoms with Crippen molar-refractivity contribution in [2.75, 3.05) is 0 Å². The van der Waals surface area contributed by atoms with Gasteiger partial charge in [-0.3, -0.25) is 9.59 Å². The molecule has 98 valence electrons. The van der Waals surface area contributed by atoms with E-state index in [1.54, 1.807) is 0 Å². The zero-order valence-electron chi connectivity index (χ0n) is 11.3. The fourth-order valence-electron chi connectivity index (χ4n) is 1.48. The van der Waals surface area contributed by atoms with Gasteiger partial charge in [-0.15, -0.1) is 0 Å². The van der Waals surface area contributed by atoms with Gasteiger partial charge in [0, 0.05) is 12.1 Å². The molecule has 0 fully saturated rings. The molecule has 0 atom stereocenters. The third kappa shape index (κ3) is 4.99. The molecule has 0 saturated heterocycles. The molecule has 0 spiro atoms. The molecule has 0 saturated carbocycles. The minimum atomic E-state index is -0.605. The van der Waals surface area contributed by atoms with Gasteiger partial charge in [0.05, 0.1) is 0 Å². The van der Waals surface area contributed by atoms with Crippen molar-refractivity contribution >= 4 is 11.8 Å². The van der Waals surface area contributed by atoms with Crippen LogP contribution in [0.5, 0.6) is 0 Å². The molecular weight excluding hydrogens is 228 g/mol. The predicted octanol–water partition coefficient (Wildman–Crippen LogP) is 1.53. The molecule has 0 radical (unpaired) electrons. The maximum Gasteiger partial charge on any atom is 0.309 e. The molecule has 1 aromatic rings. The lowest BCUT2D eigenvalue weighted by Crippen LogP contribution is -2.48. The molecule has 0 aliphatic heterocycles. The van der Waals surface area contributed by atoms with Crippen molar-refractivity contribution < 1.29 is 9.59 Å². The Morgan fingerprint density at radius 1 is 1.17 bits per heavy atom. The van der Waals surface area contributed by atoms with Crippen LogP contribution in [0.3, 0.4) is 0 Å². The lowest BCUT2D eigenvalue weighted by Gasteiger charge is -2.19. The van der Waals surface area contributed by atoms with Gasteiger partial charge in [0.2, 0.25) is 0 Å². The first-order valence-electron chi connectivity index (χ1n) is 5.94. The average molecular weight is 248 g/mol. The number of aryl methyl sites for hydroxylation is 1. The van der Waals surface area contributed by atoms with Crippen LogP contribution in [-0.4, -0.2) is 17.4 Å². The summed E-state index contributed by atoms with van der Waals surface area (Å²) in [6, 6.07) is 7.79. The van der Waals surface area contributed by atoms with Crippen molar-refractivity contribution in [3.8, 4) is 0 Å². The number of amides is 2. The van der Waals surface area contributed by atoms with Gasteiger partial charge in [-0.2, -0.15) is 0 Å². The molecule has 0 aromatic heterocycles. The van der Waals surface area contributed by atoms with Crippen molar-refractivity contribution in [1.82, 2.24) is 10.6 Å². The van der Waals surface area contributed by atoms with E-state index in [-0.39, 0.29) is 0 Å². The molecule has 2 amide bonds. The van der Waals surface area contributed by atoms with Crippen LogP contribution in [-0.2, 0) is 16.1 Å². The second-order valence-corrected chi connectivity index (χ2v) is 5.38. The molecular formula is C14H20N2O2. The van der Waals surface area contributed by atoms with Gasteiger partial charge in [-0.05, 0) is 33.3 Å². The number of carbonyl (C=O) groups excluding carboxylic acids is 2. The quantitative estimate of drug-likeness (QED) is 0.780. The molecule has 0 aliphatic carbocycles. The standard InChI is InChI=1S/C14H20N2O2/c1-10-6-5-7-11(8-10)9-15-12(17)13(18)16-14(2,3)4/h5-8H,9H2,1-4H3,(H,15,17)(H,16,18). The highest BCUT2D eigenvalue weighted by Gasteiger charge is 2.19. The maximum atomic E-state index is 11.6. The summed E-state index contributed by atoms with van der Waals surface area (Å²) < 4.78 is 0. The summed E-state index contributed by atoms with van der Waals surface area (Å²) in [5.74, 6) is -1.21. The van der Waals surface area contributed by atoms with E-state index < -0.39 is 17.4 Å². The number of benzene rings is 1. The summed E-state index contributed by atoms with van der Waals surface area (Å²) in [5, 5.41) is 5.21. The Labute approximate surface area is 108 Å². The summed E-state index contributed by atoms with van der Waals surface area (Å²) in [4.78, 5) is 23.1. The van der Waals surface area contributed by atoms with Crippen molar-refractivity contribution in [3.63, 3.8) is 0 Å². The number of nitrogens with one attached hydrogen (secondary N) is 2. The van der Waals surface area contributed by atoms with E-state index in [1.807, 2.05) is 52.0 Å². The number of rotatable bonds is 2. The minimum absolute atomic E-state index is 0.359. The first-order chi connectivity index (χ1) is 8.28. The van der Waals surface area contributed by atoms with Crippen molar-refractivity contribution in [1.29, 1.82) is 0 Å². The van der Waals surface area contributed by atoms with E-state index in [4.69, 9.17) is 0 Å². The minimum Gasteiger partial charge on any atom is -0.344 e. The SMILES string of the molecule is Cc1cccc(CNC(=O)C(=O)NC(C)(C)C)c1. The van der Waals surface area contributed by atoms with Gasteiger partial charge >= 0.3 is 11.8 Å². The smallest absolute Gasteiger partial charge is 0.309 e. The van der Waals surface area contributed by atoms with E-state index in [1.165, 1.54) is 0 Å². The molecule has 2 N–H and O–H groups in total. The maximum absolute atomic E-state index is 11.6. The summed E-state index contributed by atoms with van der Waals surface area (Å²) in [6.45, 7) is 7.84. The van der Waals surface area contributed by atoms with Crippen LogP contribution >= 0.6 is 0 Å². The van der Waals surface area contributed by atoms with Crippen LogP contribution in [0.15, 0.2) is 24.3 Å². The first-order valence-corrected chi connectivity index (χ1v) is 5.94. The van der Waals surface area contributed by atoms with Gasteiger partial charge in [0.25, 0.3) is 0 Å². The lowest BCUT2D eigenvalue weighted by molar-refractivity contribution is -0.140. The first kappa shape index (κ1) is 14.2. The van der Waals surface area contributed by atoms with Crippen LogP contribution in [0.25, 0.3) is 0 Å². The van der Waals surface area contributed by atoms with Crippen LogP contribution in [0.4, 0.5) is 0 Å². The lowest BCUT2D eigenvalue weighted by atomic mass is 10.1. The Hall–Kier alpha value is -1.84. The Morgan fingerprint density at radius 3 is 2.39 bits per heavy atom. The third-order valence-corrected chi connectivity index (χ3v) is 2.23. The fraction of sp³-hybridized carbons (Fsp3) is 0.429.